The summed E-state index contributed by atoms with van der Waals surface area (Å²) in [6, 6.07) is 0. The van der Waals surface area contributed by atoms with Gasteiger partial charge in [-0.3, -0.25) is 4.79 Å². The average Bonchev–Trinajstić information content (AvgIpc) is 2.42. The topological polar surface area (TPSA) is 74.6 Å². The molecule has 0 heterocycles. The number of hydrogen-bond donors (Lipinski definition) is 2. The largest absolute Gasteiger partial charge is 0.478 e. The van der Waals surface area contributed by atoms with E-state index >= 15 is 0 Å². The van der Waals surface area contributed by atoms with Gasteiger partial charge in [0.2, 0.25) is 0 Å². The first-order chi connectivity index (χ1) is 10.5. The molecule has 0 radical (unpaired) electrons. The zero-order valence-electron chi connectivity index (χ0n) is 14.4. The summed E-state index contributed by atoms with van der Waals surface area (Å²) < 4.78 is 0. The average molecular weight is 316 g/mol. The van der Waals surface area contributed by atoms with Crippen LogP contribution in [0.25, 0.3) is 0 Å². The minimum atomic E-state index is -1.32. The Bertz CT molecular complexity index is 665. The van der Waals surface area contributed by atoms with Gasteiger partial charge in [0.05, 0.1) is 0 Å². The molecule has 0 amide bonds. The van der Waals surface area contributed by atoms with Crippen LogP contribution in [0, 0.1) is 17.3 Å². The van der Waals surface area contributed by atoms with Crippen molar-refractivity contribution in [2.24, 2.45) is 5.41 Å². The first-order valence-electron chi connectivity index (χ1n) is 7.51. The Kier molecular flexibility index (Phi) is 5.74. The van der Waals surface area contributed by atoms with E-state index in [1.165, 1.54) is 0 Å². The highest BCUT2D eigenvalue weighted by atomic mass is 16.4. The van der Waals surface area contributed by atoms with Gasteiger partial charge in [0, 0.05) is 29.9 Å². The summed E-state index contributed by atoms with van der Waals surface area (Å²) in [5.41, 5.74) is -0.357. The summed E-state index contributed by atoms with van der Waals surface area (Å²) in [7, 11) is 0. The van der Waals surface area contributed by atoms with Crippen LogP contribution in [0.3, 0.4) is 0 Å². The van der Waals surface area contributed by atoms with Gasteiger partial charge >= 0.3 is 5.97 Å². The van der Waals surface area contributed by atoms with E-state index in [1.54, 1.807) is 32.9 Å². The van der Waals surface area contributed by atoms with Gasteiger partial charge in [-0.15, -0.1) is 5.92 Å². The summed E-state index contributed by atoms with van der Waals surface area (Å²) in [5.74, 6) is 4.61. The third kappa shape index (κ3) is 4.00. The van der Waals surface area contributed by atoms with Gasteiger partial charge in [-0.05, 0) is 38.0 Å². The van der Waals surface area contributed by atoms with Crippen molar-refractivity contribution < 1.29 is 19.8 Å². The molecule has 1 aliphatic carbocycles. The summed E-state index contributed by atoms with van der Waals surface area (Å²) in [4.78, 5) is 23.1. The molecular weight excluding hydrogens is 292 g/mol. The molecule has 23 heavy (non-hydrogen) atoms. The van der Waals surface area contributed by atoms with Crippen molar-refractivity contribution in [1.82, 2.24) is 0 Å². The molecule has 1 rings (SSSR count). The van der Waals surface area contributed by atoms with Gasteiger partial charge in [0.25, 0.3) is 0 Å². The normalized spacial score (nSPS) is 24.6. The van der Waals surface area contributed by atoms with E-state index in [2.05, 4.69) is 11.8 Å². The van der Waals surface area contributed by atoms with E-state index in [1.807, 2.05) is 13.8 Å². The lowest BCUT2D eigenvalue weighted by molar-refractivity contribution is -0.131. The van der Waals surface area contributed by atoms with Gasteiger partial charge in [0.15, 0.2) is 5.78 Å². The number of rotatable bonds is 4. The molecule has 0 unspecified atom stereocenters. The van der Waals surface area contributed by atoms with Crippen LogP contribution in [-0.2, 0) is 9.59 Å². The number of aliphatic hydroxyl groups is 1. The van der Waals surface area contributed by atoms with Crippen molar-refractivity contribution in [3.63, 3.8) is 0 Å². The van der Waals surface area contributed by atoms with Crippen LogP contribution < -0.4 is 0 Å². The number of allylic oxidation sites excluding steroid dienone is 3. The quantitative estimate of drug-likeness (QED) is 0.475. The Labute approximate surface area is 137 Å². The number of ketones is 1. The second kappa shape index (κ2) is 6.97. The lowest BCUT2D eigenvalue weighted by Gasteiger charge is -2.45. The van der Waals surface area contributed by atoms with Crippen molar-refractivity contribution in [3.05, 3.63) is 34.9 Å². The van der Waals surface area contributed by atoms with Gasteiger partial charge in [-0.1, -0.05) is 25.8 Å². The van der Waals surface area contributed by atoms with Gasteiger partial charge in [-0.2, -0.15) is 0 Å². The second-order valence-corrected chi connectivity index (χ2v) is 6.52. The maximum atomic E-state index is 12.3. The van der Waals surface area contributed by atoms with Crippen LogP contribution in [-0.4, -0.2) is 27.6 Å². The van der Waals surface area contributed by atoms with Crippen LogP contribution in [0.1, 0.15) is 47.5 Å². The SMILES string of the molecule is CC#CCC1=C(C)[C@](O)(C=CC(C)=CC(=O)O)C(C)(C)CC1=O. The molecule has 0 aromatic rings. The Morgan fingerprint density at radius 1 is 1.39 bits per heavy atom. The number of carboxylic acid groups (broad SMARTS) is 1. The predicted molar refractivity (Wildman–Crippen MR) is 89.7 cm³/mol. The van der Waals surface area contributed by atoms with E-state index in [4.69, 9.17) is 5.11 Å². The molecule has 4 heteroatoms. The van der Waals surface area contributed by atoms with E-state index < -0.39 is 17.0 Å². The first-order valence-corrected chi connectivity index (χ1v) is 7.51. The van der Waals surface area contributed by atoms with Crippen LogP contribution >= 0.6 is 0 Å². The highest BCUT2D eigenvalue weighted by Gasteiger charge is 2.49. The fourth-order valence-corrected chi connectivity index (χ4v) is 2.84. The number of carbonyl (C=O) groups excluding carboxylic acids is 1. The van der Waals surface area contributed by atoms with Crippen molar-refractivity contribution in [1.29, 1.82) is 0 Å². The summed E-state index contributed by atoms with van der Waals surface area (Å²) >= 11 is 0. The Hall–Kier alpha value is -2.12. The highest BCUT2D eigenvalue weighted by molar-refractivity contribution is 5.98. The summed E-state index contributed by atoms with van der Waals surface area (Å²) in [5, 5.41) is 20.0. The molecule has 2 N–H and O–H groups in total. The fraction of sp³-hybridized carbons (Fsp3) is 0.474. The van der Waals surface area contributed by atoms with Crippen LogP contribution in [0.5, 0.6) is 0 Å². The lowest BCUT2D eigenvalue weighted by atomic mass is 9.62. The summed E-state index contributed by atoms with van der Waals surface area (Å²) in [6.07, 6.45) is 4.77. The Morgan fingerprint density at radius 2 is 2.00 bits per heavy atom. The Balaban J connectivity index is 3.38. The van der Waals surface area contributed by atoms with E-state index in [0.29, 0.717) is 23.1 Å². The molecule has 124 valence electrons. The second-order valence-electron chi connectivity index (χ2n) is 6.52. The van der Waals surface area contributed by atoms with Crippen LogP contribution in [0.4, 0.5) is 0 Å². The van der Waals surface area contributed by atoms with Crippen molar-refractivity contribution >= 4 is 11.8 Å². The molecule has 1 atom stereocenters. The van der Waals surface area contributed by atoms with Crippen molar-refractivity contribution in [2.75, 3.05) is 0 Å². The van der Waals surface area contributed by atoms with E-state index in [9.17, 15) is 14.7 Å². The van der Waals surface area contributed by atoms with Crippen molar-refractivity contribution in [3.8, 4) is 11.8 Å². The molecule has 0 bridgehead atoms. The lowest BCUT2D eigenvalue weighted by Crippen LogP contribution is -2.49. The predicted octanol–water partition coefficient (Wildman–Crippen LogP) is 3.03. The van der Waals surface area contributed by atoms with Gasteiger partial charge < -0.3 is 10.2 Å². The molecule has 0 spiro atoms. The maximum absolute atomic E-state index is 12.3. The molecule has 0 aliphatic heterocycles. The number of carbonyl (C=O) groups is 2. The van der Waals surface area contributed by atoms with Crippen molar-refractivity contribution in [2.45, 2.75) is 53.1 Å². The van der Waals surface area contributed by atoms with Crippen LogP contribution in [0.2, 0.25) is 0 Å². The number of carboxylic acids is 1. The molecule has 1 aliphatic rings. The molecule has 0 aromatic heterocycles. The summed E-state index contributed by atoms with van der Waals surface area (Å²) in [6.45, 7) is 8.76. The molecule has 0 aromatic carbocycles. The minimum absolute atomic E-state index is 0.00567. The number of Topliss-reactive ketones (excluding diaryl/α,β-unsaturated/α-hetero) is 1. The third-order valence-electron chi connectivity index (χ3n) is 4.38. The molecule has 0 saturated heterocycles. The van der Waals surface area contributed by atoms with E-state index in [0.717, 1.165) is 6.08 Å². The fourth-order valence-electron chi connectivity index (χ4n) is 2.84. The van der Waals surface area contributed by atoms with Gasteiger partial charge in [0.1, 0.15) is 5.60 Å². The monoisotopic (exact) mass is 316 g/mol. The number of hydrogen-bond acceptors (Lipinski definition) is 3. The Morgan fingerprint density at radius 3 is 2.52 bits per heavy atom. The number of aliphatic carboxylic acids is 1. The maximum Gasteiger partial charge on any atom is 0.328 e. The standard InChI is InChI=1S/C19H24O4/c1-6-7-8-15-14(3)19(23,18(4,5)12-16(15)20)10-9-13(2)11-17(21)22/h9-11,23H,8,12H2,1-5H3,(H,21,22)/t19-/m1/s1. The molecule has 4 nitrogen and oxygen atoms in total. The first kappa shape index (κ1) is 18.9. The van der Waals surface area contributed by atoms with Gasteiger partial charge in [-0.25, -0.2) is 4.79 Å². The van der Waals surface area contributed by atoms with Crippen LogP contribution in [0.15, 0.2) is 34.9 Å². The zero-order chi connectivity index (χ0) is 17.8. The minimum Gasteiger partial charge on any atom is -0.478 e. The van der Waals surface area contributed by atoms with E-state index in [-0.39, 0.29) is 12.2 Å². The zero-order valence-corrected chi connectivity index (χ0v) is 14.4. The molecular formula is C19H24O4. The smallest absolute Gasteiger partial charge is 0.328 e. The highest BCUT2D eigenvalue weighted by Crippen LogP contribution is 2.47. The molecule has 0 fully saturated rings. The molecule has 0 saturated carbocycles. The third-order valence-corrected chi connectivity index (χ3v) is 4.38.